The van der Waals surface area contributed by atoms with Gasteiger partial charge in [-0.1, -0.05) is 31.0 Å². The van der Waals surface area contributed by atoms with Gasteiger partial charge in [0.2, 0.25) is 0 Å². The standard InChI is InChI=1S/C15H25NO2S/c1-4-16-14(3)7-5-6-12-19(17,18)15-10-8-13(2)9-11-15/h8-11,14,16H,4-7,12H2,1-3H3. The van der Waals surface area contributed by atoms with Crippen LogP contribution < -0.4 is 5.32 Å². The smallest absolute Gasteiger partial charge is 0.178 e. The lowest BCUT2D eigenvalue weighted by molar-refractivity contribution is 0.507. The third kappa shape index (κ3) is 5.74. The van der Waals surface area contributed by atoms with E-state index < -0.39 is 9.84 Å². The summed E-state index contributed by atoms with van der Waals surface area (Å²) in [6.45, 7) is 7.14. The molecular weight excluding hydrogens is 258 g/mol. The van der Waals surface area contributed by atoms with E-state index in [4.69, 9.17) is 0 Å². The molecule has 0 aliphatic rings. The van der Waals surface area contributed by atoms with E-state index in [1.54, 1.807) is 12.1 Å². The molecule has 0 saturated heterocycles. The second-order valence-corrected chi connectivity index (χ2v) is 7.20. The average Bonchev–Trinajstić information content (AvgIpc) is 2.36. The summed E-state index contributed by atoms with van der Waals surface area (Å²) in [7, 11) is -3.11. The second kappa shape index (κ2) is 7.65. The fraction of sp³-hybridized carbons (Fsp3) is 0.600. The zero-order chi connectivity index (χ0) is 14.3. The van der Waals surface area contributed by atoms with Crippen molar-refractivity contribution in [1.82, 2.24) is 5.32 Å². The van der Waals surface area contributed by atoms with Crippen molar-refractivity contribution in [2.45, 2.75) is 51.0 Å². The third-order valence-corrected chi connectivity index (χ3v) is 5.05. The van der Waals surface area contributed by atoms with Crippen molar-refractivity contribution < 1.29 is 8.42 Å². The van der Waals surface area contributed by atoms with Crippen LogP contribution in [0, 0.1) is 6.92 Å². The maximum absolute atomic E-state index is 12.1. The third-order valence-electron chi connectivity index (χ3n) is 3.23. The molecule has 0 aliphatic heterocycles. The predicted octanol–water partition coefficient (Wildman–Crippen LogP) is 2.94. The van der Waals surface area contributed by atoms with Gasteiger partial charge in [0, 0.05) is 6.04 Å². The Morgan fingerprint density at radius 1 is 1.16 bits per heavy atom. The molecule has 0 saturated carbocycles. The summed E-state index contributed by atoms with van der Waals surface area (Å²) < 4.78 is 24.2. The first kappa shape index (κ1) is 16.2. The van der Waals surface area contributed by atoms with Crippen LogP contribution in [0.15, 0.2) is 29.2 Å². The molecule has 1 N–H and O–H groups in total. The van der Waals surface area contributed by atoms with Crippen LogP contribution in [0.5, 0.6) is 0 Å². The van der Waals surface area contributed by atoms with Crippen LogP contribution in [0.2, 0.25) is 0 Å². The second-order valence-electron chi connectivity index (χ2n) is 5.09. The van der Waals surface area contributed by atoms with E-state index in [1.807, 2.05) is 19.1 Å². The summed E-state index contributed by atoms with van der Waals surface area (Å²) in [6.07, 6.45) is 2.70. The molecule has 0 aliphatic carbocycles. The van der Waals surface area contributed by atoms with E-state index in [9.17, 15) is 8.42 Å². The zero-order valence-corrected chi connectivity index (χ0v) is 13.0. The van der Waals surface area contributed by atoms with Crippen molar-refractivity contribution in [3.05, 3.63) is 29.8 Å². The lowest BCUT2D eigenvalue weighted by Crippen LogP contribution is -2.25. The Morgan fingerprint density at radius 3 is 2.37 bits per heavy atom. The van der Waals surface area contributed by atoms with Crippen LogP contribution in [0.25, 0.3) is 0 Å². The minimum absolute atomic E-state index is 0.245. The van der Waals surface area contributed by atoms with Gasteiger partial charge in [-0.05, 0) is 45.4 Å². The van der Waals surface area contributed by atoms with Gasteiger partial charge in [-0.25, -0.2) is 8.42 Å². The molecule has 0 fully saturated rings. The first-order chi connectivity index (χ1) is 8.95. The number of unbranched alkanes of at least 4 members (excludes halogenated alkanes) is 1. The van der Waals surface area contributed by atoms with Gasteiger partial charge in [-0.3, -0.25) is 0 Å². The first-order valence-corrected chi connectivity index (χ1v) is 8.63. The first-order valence-electron chi connectivity index (χ1n) is 6.98. The maximum Gasteiger partial charge on any atom is 0.178 e. The number of benzene rings is 1. The van der Waals surface area contributed by atoms with Crippen molar-refractivity contribution in [3.63, 3.8) is 0 Å². The normalized spacial score (nSPS) is 13.4. The van der Waals surface area contributed by atoms with Gasteiger partial charge in [-0.15, -0.1) is 0 Å². The molecule has 19 heavy (non-hydrogen) atoms. The van der Waals surface area contributed by atoms with E-state index in [0.29, 0.717) is 10.9 Å². The summed E-state index contributed by atoms with van der Waals surface area (Å²) >= 11 is 0. The molecule has 4 heteroatoms. The van der Waals surface area contributed by atoms with Crippen LogP contribution in [0.1, 0.15) is 38.7 Å². The largest absolute Gasteiger partial charge is 0.315 e. The van der Waals surface area contributed by atoms with E-state index in [-0.39, 0.29) is 5.75 Å². The lowest BCUT2D eigenvalue weighted by atomic mass is 10.1. The monoisotopic (exact) mass is 283 g/mol. The van der Waals surface area contributed by atoms with Crippen LogP contribution in [0.3, 0.4) is 0 Å². The van der Waals surface area contributed by atoms with Crippen molar-refractivity contribution in [3.8, 4) is 0 Å². The van der Waals surface area contributed by atoms with Crippen molar-refractivity contribution in [1.29, 1.82) is 0 Å². The molecule has 1 rings (SSSR count). The average molecular weight is 283 g/mol. The molecule has 0 aromatic heterocycles. The Hall–Kier alpha value is -0.870. The van der Waals surface area contributed by atoms with Crippen molar-refractivity contribution in [2.24, 2.45) is 0 Å². The SMILES string of the molecule is CCNC(C)CCCCS(=O)(=O)c1ccc(C)cc1. The highest BCUT2D eigenvalue weighted by Crippen LogP contribution is 2.14. The van der Waals surface area contributed by atoms with Gasteiger partial charge in [0.15, 0.2) is 9.84 Å². The predicted molar refractivity (Wildman–Crippen MR) is 80.2 cm³/mol. The molecule has 0 heterocycles. The lowest BCUT2D eigenvalue weighted by Gasteiger charge is -2.11. The summed E-state index contributed by atoms with van der Waals surface area (Å²) in [4.78, 5) is 0.442. The van der Waals surface area contributed by atoms with E-state index in [1.165, 1.54) is 0 Å². The Balaban J connectivity index is 2.41. The number of sulfone groups is 1. The van der Waals surface area contributed by atoms with Gasteiger partial charge >= 0.3 is 0 Å². The van der Waals surface area contributed by atoms with Gasteiger partial charge in [0.25, 0.3) is 0 Å². The van der Waals surface area contributed by atoms with E-state index in [2.05, 4.69) is 19.2 Å². The van der Waals surface area contributed by atoms with Gasteiger partial charge in [-0.2, -0.15) is 0 Å². The zero-order valence-electron chi connectivity index (χ0n) is 12.1. The van der Waals surface area contributed by atoms with Gasteiger partial charge in [0.1, 0.15) is 0 Å². The number of hydrogen-bond acceptors (Lipinski definition) is 3. The molecule has 1 aromatic rings. The minimum atomic E-state index is -3.11. The molecule has 1 aromatic carbocycles. The molecular formula is C15H25NO2S. The number of hydrogen-bond donors (Lipinski definition) is 1. The topological polar surface area (TPSA) is 46.2 Å². The fourth-order valence-electron chi connectivity index (χ4n) is 2.06. The summed E-state index contributed by atoms with van der Waals surface area (Å²) in [5.74, 6) is 0.245. The van der Waals surface area contributed by atoms with Crippen molar-refractivity contribution in [2.75, 3.05) is 12.3 Å². The molecule has 0 spiro atoms. The summed E-state index contributed by atoms with van der Waals surface area (Å²) in [5.41, 5.74) is 1.08. The van der Waals surface area contributed by atoms with Gasteiger partial charge < -0.3 is 5.32 Å². The highest BCUT2D eigenvalue weighted by atomic mass is 32.2. The Morgan fingerprint density at radius 2 is 1.79 bits per heavy atom. The molecule has 3 nitrogen and oxygen atoms in total. The Labute approximate surface area is 117 Å². The molecule has 0 amide bonds. The number of rotatable bonds is 8. The Bertz CT molecular complexity index is 465. The molecule has 0 bridgehead atoms. The number of nitrogens with one attached hydrogen (secondary N) is 1. The maximum atomic E-state index is 12.1. The fourth-order valence-corrected chi connectivity index (χ4v) is 3.43. The van der Waals surface area contributed by atoms with Crippen LogP contribution >= 0.6 is 0 Å². The number of aryl methyl sites for hydroxylation is 1. The molecule has 0 radical (unpaired) electrons. The van der Waals surface area contributed by atoms with Gasteiger partial charge in [0.05, 0.1) is 10.6 Å². The highest BCUT2D eigenvalue weighted by Gasteiger charge is 2.13. The Kier molecular flexibility index (Phi) is 6.52. The summed E-state index contributed by atoms with van der Waals surface area (Å²) in [5, 5.41) is 3.33. The molecule has 108 valence electrons. The highest BCUT2D eigenvalue weighted by molar-refractivity contribution is 7.91. The van der Waals surface area contributed by atoms with E-state index in [0.717, 1.165) is 31.4 Å². The minimum Gasteiger partial charge on any atom is -0.315 e. The molecule has 1 unspecified atom stereocenters. The van der Waals surface area contributed by atoms with E-state index >= 15 is 0 Å². The molecule has 1 atom stereocenters. The van der Waals surface area contributed by atoms with Crippen LogP contribution in [-0.2, 0) is 9.84 Å². The summed E-state index contributed by atoms with van der Waals surface area (Å²) in [6, 6.07) is 7.56. The van der Waals surface area contributed by atoms with Crippen LogP contribution in [0.4, 0.5) is 0 Å². The van der Waals surface area contributed by atoms with Crippen LogP contribution in [-0.4, -0.2) is 26.8 Å². The van der Waals surface area contributed by atoms with Crippen molar-refractivity contribution >= 4 is 9.84 Å². The quantitative estimate of drug-likeness (QED) is 0.746.